The summed E-state index contributed by atoms with van der Waals surface area (Å²) in [4.78, 5) is 22.6. The third kappa shape index (κ3) is 4.29. The van der Waals surface area contributed by atoms with Crippen LogP contribution in [0.3, 0.4) is 0 Å². The lowest BCUT2D eigenvalue weighted by molar-refractivity contribution is -0.385. The van der Waals surface area contributed by atoms with Gasteiger partial charge in [-0.15, -0.1) is 15.3 Å². The predicted molar refractivity (Wildman–Crippen MR) is 107 cm³/mol. The van der Waals surface area contributed by atoms with E-state index in [1.54, 1.807) is 30.3 Å². The monoisotopic (exact) mass is 422 g/mol. The van der Waals surface area contributed by atoms with Gasteiger partial charge in [0.1, 0.15) is 18.0 Å². The maximum absolute atomic E-state index is 13.2. The van der Waals surface area contributed by atoms with Gasteiger partial charge in [-0.1, -0.05) is 12.1 Å². The van der Waals surface area contributed by atoms with Crippen molar-refractivity contribution in [3.63, 3.8) is 0 Å². The van der Waals surface area contributed by atoms with Crippen LogP contribution in [0.1, 0.15) is 10.4 Å². The first-order valence-corrected chi connectivity index (χ1v) is 9.16. The molecule has 0 saturated heterocycles. The zero-order valence-corrected chi connectivity index (χ0v) is 15.9. The van der Waals surface area contributed by atoms with Crippen molar-refractivity contribution in [3.8, 4) is 17.3 Å². The summed E-state index contributed by atoms with van der Waals surface area (Å²) in [7, 11) is 0. The number of rotatable bonds is 7. The molecule has 10 nitrogen and oxygen atoms in total. The highest BCUT2D eigenvalue weighted by atomic mass is 19.1. The minimum atomic E-state index is -0.609. The van der Waals surface area contributed by atoms with Crippen LogP contribution in [0.5, 0.6) is 5.88 Å². The number of carbonyl (C=O) groups excluding carboxylic acids is 1. The fourth-order valence-electron chi connectivity index (χ4n) is 2.87. The number of nitrogens with zero attached hydrogens (tertiary/aromatic N) is 5. The quantitative estimate of drug-likeness (QED) is 0.276. The summed E-state index contributed by atoms with van der Waals surface area (Å²) in [5.74, 6) is -0.255. The molecule has 2 heterocycles. The zero-order valence-electron chi connectivity index (χ0n) is 15.9. The number of fused-ring (bicyclic) bond motifs is 1. The number of nitro benzene ring substituents is 1. The van der Waals surface area contributed by atoms with E-state index in [1.165, 1.54) is 34.8 Å². The second kappa shape index (κ2) is 8.53. The fourth-order valence-corrected chi connectivity index (χ4v) is 2.87. The second-order valence-corrected chi connectivity index (χ2v) is 6.35. The first-order chi connectivity index (χ1) is 15.0. The Labute approximate surface area is 174 Å². The van der Waals surface area contributed by atoms with Gasteiger partial charge in [0, 0.05) is 17.7 Å². The molecule has 4 rings (SSSR count). The van der Waals surface area contributed by atoms with Gasteiger partial charge >= 0.3 is 0 Å². The molecule has 31 heavy (non-hydrogen) atoms. The molecular formula is C20H15FN6O4. The fraction of sp³-hybridized carbons (Fsp3) is 0.100. The highest BCUT2D eigenvalue weighted by Crippen LogP contribution is 2.20. The lowest BCUT2D eigenvalue weighted by Gasteiger charge is -2.08. The van der Waals surface area contributed by atoms with Crippen molar-refractivity contribution in [1.29, 1.82) is 0 Å². The highest BCUT2D eigenvalue weighted by molar-refractivity contribution is 5.98. The van der Waals surface area contributed by atoms with E-state index in [1.807, 2.05) is 0 Å². The van der Waals surface area contributed by atoms with E-state index in [0.717, 1.165) is 0 Å². The topological polar surface area (TPSA) is 125 Å². The summed E-state index contributed by atoms with van der Waals surface area (Å²) in [6, 6.07) is 14.7. The minimum Gasteiger partial charge on any atom is -0.475 e. The third-order valence-electron chi connectivity index (χ3n) is 4.32. The van der Waals surface area contributed by atoms with Gasteiger partial charge in [-0.25, -0.2) is 4.39 Å². The van der Waals surface area contributed by atoms with E-state index >= 15 is 0 Å². The Hall–Kier alpha value is -4.41. The molecule has 1 N–H and O–H groups in total. The number of nitro groups is 1. The van der Waals surface area contributed by atoms with Crippen LogP contribution in [0.25, 0.3) is 17.0 Å². The third-order valence-corrected chi connectivity index (χ3v) is 4.32. The maximum Gasteiger partial charge on any atom is 0.282 e. The summed E-state index contributed by atoms with van der Waals surface area (Å²) in [5.41, 5.74) is 0.820. The van der Waals surface area contributed by atoms with Crippen molar-refractivity contribution in [1.82, 2.24) is 25.1 Å². The highest BCUT2D eigenvalue weighted by Gasteiger charge is 2.18. The van der Waals surface area contributed by atoms with Gasteiger partial charge in [-0.3, -0.25) is 14.9 Å². The van der Waals surface area contributed by atoms with E-state index in [2.05, 4.69) is 20.6 Å². The van der Waals surface area contributed by atoms with E-state index in [4.69, 9.17) is 4.74 Å². The number of aromatic nitrogens is 4. The van der Waals surface area contributed by atoms with Crippen LogP contribution >= 0.6 is 0 Å². The zero-order chi connectivity index (χ0) is 21.8. The van der Waals surface area contributed by atoms with Crippen molar-refractivity contribution in [2.24, 2.45) is 0 Å². The van der Waals surface area contributed by atoms with Crippen LogP contribution < -0.4 is 10.1 Å². The largest absolute Gasteiger partial charge is 0.475 e. The minimum absolute atomic E-state index is 0.0273. The Morgan fingerprint density at radius 2 is 1.87 bits per heavy atom. The van der Waals surface area contributed by atoms with Crippen molar-refractivity contribution in [3.05, 3.63) is 82.2 Å². The molecule has 4 aromatic rings. The van der Waals surface area contributed by atoms with Crippen molar-refractivity contribution in [2.45, 2.75) is 0 Å². The molecule has 0 aliphatic rings. The summed E-state index contributed by atoms with van der Waals surface area (Å²) in [5, 5.41) is 26.0. The summed E-state index contributed by atoms with van der Waals surface area (Å²) >= 11 is 0. The van der Waals surface area contributed by atoms with Crippen molar-refractivity contribution in [2.75, 3.05) is 13.2 Å². The molecule has 0 fully saturated rings. The van der Waals surface area contributed by atoms with Gasteiger partial charge in [-0.2, -0.15) is 4.52 Å². The number of halogens is 1. The van der Waals surface area contributed by atoms with E-state index in [9.17, 15) is 19.3 Å². The average Bonchev–Trinajstić information content (AvgIpc) is 3.20. The lowest BCUT2D eigenvalue weighted by atomic mass is 10.1. The van der Waals surface area contributed by atoms with E-state index < -0.39 is 10.8 Å². The average molecular weight is 422 g/mol. The van der Waals surface area contributed by atoms with Crippen molar-refractivity contribution >= 4 is 17.2 Å². The number of carbonyl (C=O) groups is 1. The van der Waals surface area contributed by atoms with Gasteiger partial charge in [-0.05, 0) is 36.4 Å². The number of hydrogen-bond acceptors (Lipinski definition) is 7. The Bertz CT molecular complexity index is 1260. The molecule has 0 atom stereocenters. The first-order valence-electron chi connectivity index (χ1n) is 9.16. The molecule has 0 radical (unpaired) electrons. The number of para-hydroxylation sites is 1. The molecular weight excluding hydrogens is 407 g/mol. The molecule has 2 aromatic carbocycles. The molecule has 0 bridgehead atoms. The molecule has 0 aliphatic carbocycles. The lowest BCUT2D eigenvalue weighted by Crippen LogP contribution is -2.28. The van der Waals surface area contributed by atoms with Crippen molar-refractivity contribution < 1.29 is 18.8 Å². The van der Waals surface area contributed by atoms with Crippen LogP contribution in [0.4, 0.5) is 10.1 Å². The second-order valence-electron chi connectivity index (χ2n) is 6.35. The molecule has 2 aromatic heterocycles. The van der Waals surface area contributed by atoms with E-state index in [-0.39, 0.29) is 36.1 Å². The van der Waals surface area contributed by atoms with Gasteiger partial charge in [0.15, 0.2) is 11.5 Å². The van der Waals surface area contributed by atoms with Gasteiger partial charge in [0.25, 0.3) is 11.6 Å². The number of ether oxygens (including phenoxy) is 1. The molecule has 0 unspecified atom stereocenters. The summed E-state index contributed by atoms with van der Waals surface area (Å²) in [6.45, 7) is 0.191. The number of benzene rings is 2. The number of amides is 1. The number of nitrogens with one attached hydrogen (secondary N) is 1. The molecule has 11 heteroatoms. The van der Waals surface area contributed by atoms with Crippen LogP contribution in [0.2, 0.25) is 0 Å². The van der Waals surface area contributed by atoms with Crippen LogP contribution in [0, 0.1) is 15.9 Å². The molecule has 0 saturated carbocycles. The van der Waals surface area contributed by atoms with Crippen LogP contribution in [-0.2, 0) is 0 Å². The smallest absolute Gasteiger partial charge is 0.282 e. The molecule has 1 amide bonds. The predicted octanol–water partition coefficient (Wildman–Crippen LogP) is 2.65. The summed E-state index contributed by atoms with van der Waals surface area (Å²) < 4.78 is 20.2. The summed E-state index contributed by atoms with van der Waals surface area (Å²) in [6.07, 6.45) is 0. The first kappa shape index (κ1) is 19.9. The maximum atomic E-state index is 13.2. The van der Waals surface area contributed by atoms with Gasteiger partial charge < -0.3 is 10.1 Å². The standard InChI is InChI=1S/C20H15FN6O4/c21-14-7-5-13(6-8-14)19-24-23-17-9-10-18(25-26(17)19)31-12-11-22-20(28)15-3-1-2-4-16(15)27(29)30/h1-10H,11-12H2,(H,22,28). The Kier molecular flexibility index (Phi) is 5.47. The normalized spacial score (nSPS) is 10.7. The van der Waals surface area contributed by atoms with E-state index in [0.29, 0.717) is 17.0 Å². The Balaban J connectivity index is 1.41. The van der Waals surface area contributed by atoms with Crippen LogP contribution in [-0.4, -0.2) is 43.8 Å². The molecule has 156 valence electrons. The molecule has 0 aliphatic heterocycles. The number of hydrogen-bond donors (Lipinski definition) is 1. The van der Waals surface area contributed by atoms with Crippen LogP contribution in [0.15, 0.2) is 60.7 Å². The SMILES string of the molecule is O=C(NCCOc1ccc2nnc(-c3ccc(F)cc3)n2n1)c1ccccc1[N+](=O)[O-]. The Morgan fingerprint density at radius 3 is 2.65 bits per heavy atom. The van der Waals surface area contributed by atoms with Gasteiger partial charge in [0.2, 0.25) is 5.88 Å². The van der Waals surface area contributed by atoms with Gasteiger partial charge in [0.05, 0.1) is 11.5 Å². The molecule has 0 spiro atoms. The Morgan fingerprint density at radius 1 is 1.10 bits per heavy atom.